The van der Waals surface area contributed by atoms with E-state index in [0.717, 1.165) is 0 Å². The molecule has 1 heterocycles. The van der Waals surface area contributed by atoms with E-state index < -0.39 is 10.0 Å². The standard InChI is InChI=1S/C13H13ClN2O3S/c1-8-6-12(17)9(2)5-11(8)16-20(18,19)10-3-4-15-13(14)7-10/h3-7,16-17H,1-2H3. The summed E-state index contributed by atoms with van der Waals surface area (Å²) in [5, 5.41) is 9.68. The summed E-state index contributed by atoms with van der Waals surface area (Å²) in [6.45, 7) is 3.40. The molecule has 0 fully saturated rings. The second kappa shape index (κ2) is 5.30. The number of aromatic nitrogens is 1. The second-order valence-electron chi connectivity index (χ2n) is 4.37. The van der Waals surface area contributed by atoms with Crippen molar-refractivity contribution in [1.82, 2.24) is 4.98 Å². The summed E-state index contributed by atoms with van der Waals surface area (Å²) in [5.74, 6) is 0.123. The zero-order valence-electron chi connectivity index (χ0n) is 10.9. The molecule has 20 heavy (non-hydrogen) atoms. The third kappa shape index (κ3) is 3.02. The molecule has 0 bridgehead atoms. The van der Waals surface area contributed by atoms with Crippen molar-refractivity contribution in [2.45, 2.75) is 18.7 Å². The first-order chi connectivity index (χ1) is 9.29. The van der Waals surface area contributed by atoms with Crippen LogP contribution in [0.3, 0.4) is 0 Å². The molecule has 2 N–H and O–H groups in total. The molecule has 0 aliphatic carbocycles. The first kappa shape index (κ1) is 14.6. The fourth-order valence-electron chi connectivity index (χ4n) is 1.67. The Morgan fingerprint density at radius 2 is 1.90 bits per heavy atom. The van der Waals surface area contributed by atoms with E-state index in [2.05, 4.69) is 9.71 Å². The fraction of sp³-hybridized carbons (Fsp3) is 0.154. The van der Waals surface area contributed by atoms with Crippen LogP contribution in [-0.4, -0.2) is 18.5 Å². The quantitative estimate of drug-likeness (QED) is 0.674. The summed E-state index contributed by atoms with van der Waals surface area (Å²) in [6.07, 6.45) is 1.33. The average molecular weight is 313 g/mol. The highest BCUT2D eigenvalue weighted by Crippen LogP contribution is 2.27. The van der Waals surface area contributed by atoms with Crippen LogP contribution in [0.1, 0.15) is 11.1 Å². The number of hydrogen-bond acceptors (Lipinski definition) is 4. The van der Waals surface area contributed by atoms with Gasteiger partial charge in [-0.2, -0.15) is 0 Å². The number of benzene rings is 1. The maximum atomic E-state index is 12.2. The molecule has 106 valence electrons. The van der Waals surface area contributed by atoms with Gasteiger partial charge in [0.25, 0.3) is 10.0 Å². The highest BCUT2D eigenvalue weighted by molar-refractivity contribution is 7.92. The van der Waals surface area contributed by atoms with Crippen molar-refractivity contribution in [3.05, 3.63) is 46.7 Å². The topological polar surface area (TPSA) is 79.3 Å². The number of phenolic OH excluding ortho intramolecular Hbond substituents is 1. The molecule has 0 aliphatic rings. The van der Waals surface area contributed by atoms with Crippen molar-refractivity contribution in [3.8, 4) is 5.75 Å². The first-order valence-electron chi connectivity index (χ1n) is 5.74. The zero-order chi connectivity index (χ0) is 14.9. The van der Waals surface area contributed by atoms with Crippen LogP contribution in [0.5, 0.6) is 5.75 Å². The zero-order valence-corrected chi connectivity index (χ0v) is 12.5. The van der Waals surface area contributed by atoms with Gasteiger partial charge in [-0.25, -0.2) is 13.4 Å². The summed E-state index contributed by atoms with van der Waals surface area (Å²) < 4.78 is 27.0. The van der Waals surface area contributed by atoms with Crippen molar-refractivity contribution >= 4 is 27.3 Å². The maximum Gasteiger partial charge on any atom is 0.262 e. The Morgan fingerprint density at radius 1 is 1.20 bits per heavy atom. The summed E-state index contributed by atoms with van der Waals surface area (Å²) in [4.78, 5) is 3.77. The molecule has 2 rings (SSSR count). The highest BCUT2D eigenvalue weighted by Gasteiger charge is 2.16. The number of sulfonamides is 1. The summed E-state index contributed by atoms with van der Waals surface area (Å²) in [5.41, 5.74) is 1.62. The molecule has 1 aromatic heterocycles. The lowest BCUT2D eigenvalue weighted by Gasteiger charge is -2.12. The predicted molar refractivity (Wildman–Crippen MR) is 77.6 cm³/mol. The summed E-state index contributed by atoms with van der Waals surface area (Å²) >= 11 is 5.69. The molecule has 7 heteroatoms. The third-order valence-electron chi connectivity index (χ3n) is 2.80. The number of rotatable bonds is 3. The Balaban J connectivity index is 2.41. The van der Waals surface area contributed by atoms with Crippen LogP contribution in [0.25, 0.3) is 0 Å². The van der Waals surface area contributed by atoms with E-state index in [-0.39, 0.29) is 15.8 Å². The second-order valence-corrected chi connectivity index (χ2v) is 6.44. The van der Waals surface area contributed by atoms with Crippen molar-refractivity contribution in [1.29, 1.82) is 0 Å². The molecule has 0 atom stereocenters. The lowest BCUT2D eigenvalue weighted by atomic mass is 10.1. The van der Waals surface area contributed by atoms with E-state index in [1.807, 2.05) is 0 Å². The SMILES string of the molecule is Cc1cc(NS(=O)(=O)c2ccnc(Cl)c2)c(C)cc1O. The molecule has 0 saturated heterocycles. The van der Waals surface area contributed by atoms with Crippen LogP contribution < -0.4 is 4.72 Å². The Labute approximate surface area is 122 Å². The van der Waals surface area contributed by atoms with Gasteiger partial charge in [0.2, 0.25) is 0 Å². The van der Waals surface area contributed by atoms with Gasteiger partial charge in [-0.05, 0) is 49.2 Å². The molecular weight excluding hydrogens is 300 g/mol. The van der Waals surface area contributed by atoms with E-state index in [1.54, 1.807) is 19.9 Å². The van der Waals surface area contributed by atoms with Gasteiger partial charge in [0, 0.05) is 6.20 Å². The molecule has 0 saturated carbocycles. The van der Waals surface area contributed by atoms with Crippen molar-refractivity contribution < 1.29 is 13.5 Å². The lowest BCUT2D eigenvalue weighted by Crippen LogP contribution is -2.14. The van der Waals surface area contributed by atoms with Gasteiger partial charge < -0.3 is 5.11 Å². The normalized spacial score (nSPS) is 11.3. The molecule has 1 aromatic carbocycles. The van der Waals surface area contributed by atoms with Crippen LogP contribution >= 0.6 is 11.6 Å². The van der Waals surface area contributed by atoms with Gasteiger partial charge in [-0.1, -0.05) is 11.6 Å². The fourth-order valence-corrected chi connectivity index (χ4v) is 3.04. The largest absolute Gasteiger partial charge is 0.508 e. The lowest BCUT2D eigenvalue weighted by molar-refractivity contribution is 0.471. The Bertz CT molecular complexity index is 760. The van der Waals surface area contributed by atoms with Gasteiger partial charge in [0.1, 0.15) is 10.9 Å². The van der Waals surface area contributed by atoms with Crippen LogP contribution in [0, 0.1) is 13.8 Å². The Morgan fingerprint density at radius 3 is 2.55 bits per heavy atom. The van der Waals surface area contributed by atoms with Crippen LogP contribution in [-0.2, 0) is 10.0 Å². The van der Waals surface area contributed by atoms with Crippen LogP contribution in [0.15, 0.2) is 35.4 Å². The number of halogens is 1. The molecule has 0 spiro atoms. The number of pyridine rings is 1. The third-order valence-corrected chi connectivity index (χ3v) is 4.37. The van der Waals surface area contributed by atoms with Crippen LogP contribution in [0.2, 0.25) is 5.15 Å². The molecule has 0 aliphatic heterocycles. The van der Waals surface area contributed by atoms with Crippen molar-refractivity contribution in [2.24, 2.45) is 0 Å². The van der Waals surface area contributed by atoms with E-state index in [0.29, 0.717) is 16.8 Å². The van der Waals surface area contributed by atoms with Gasteiger partial charge in [0.15, 0.2) is 0 Å². The smallest absolute Gasteiger partial charge is 0.262 e. The minimum Gasteiger partial charge on any atom is -0.508 e. The molecular formula is C13H13ClN2O3S. The Kier molecular flexibility index (Phi) is 3.87. The van der Waals surface area contributed by atoms with Crippen molar-refractivity contribution in [3.63, 3.8) is 0 Å². The minimum absolute atomic E-state index is 0.0302. The van der Waals surface area contributed by atoms with E-state index >= 15 is 0 Å². The first-order valence-corrected chi connectivity index (χ1v) is 7.60. The van der Waals surface area contributed by atoms with Gasteiger partial charge >= 0.3 is 0 Å². The number of aromatic hydroxyl groups is 1. The number of hydrogen-bond donors (Lipinski definition) is 2. The number of phenols is 1. The van der Waals surface area contributed by atoms with E-state index in [4.69, 9.17) is 11.6 Å². The molecule has 2 aromatic rings. The average Bonchev–Trinajstić information content (AvgIpc) is 2.36. The number of aryl methyl sites for hydroxylation is 2. The summed E-state index contributed by atoms with van der Waals surface area (Å²) in [7, 11) is -3.74. The van der Waals surface area contributed by atoms with Gasteiger partial charge in [0.05, 0.1) is 10.6 Å². The van der Waals surface area contributed by atoms with Crippen LogP contribution in [0.4, 0.5) is 5.69 Å². The Hall–Kier alpha value is -1.79. The van der Waals surface area contributed by atoms with E-state index in [9.17, 15) is 13.5 Å². The predicted octanol–water partition coefficient (Wildman–Crippen LogP) is 2.86. The van der Waals surface area contributed by atoms with Gasteiger partial charge in [-0.15, -0.1) is 0 Å². The molecule has 0 radical (unpaired) electrons. The minimum atomic E-state index is -3.74. The number of nitrogens with zero attached hydrogens (tertiary/aromatic N) is 1. The molecule has 0 unspecified atom stereocenters. The summed E-state index contributed by atoms with van der Waals surface area (Å²) in [6, 6.07) is 5.71. The van der Waals surface area contributed by atoms with E-state index in [1.165, 1.54) is 24.4 Å². The highest BCUT2D eigenvalue weighted by atomic mass is 35.5. The van der Waals surface area contributed by atoms with Crippen molar-refractivity contribution in [2.75, 3.05) is 4.72 Å². The molecule has 5 nitrogen and oxygen atoms in total. The monoisotopic (exact) mass is 312 g/mol. The van der Waals surface area contributed by atoms with Gasteiger partial charge in [-0.3, -0.25) is 4.72 Å². The number of anilines is 1. The maximum absolute atomic E-state index is 12.2. The molecule has 0 amide bonds. The number of nitrogens with one attached hydrogen (secondary N) is 1.